The van der Waals surface area contributed by atoms with E-state index in [2.05, 4.69) is 25.6 Å². The molecule has 0 saturated heterocycles. The highest BCUT2D eigenvalue weighted by Gasteiger charge is 2.16. The van der Waals surface area contributed by atoms with E-state index in [0.717, 1.165) is 12.3 Å². The van der Waals surface area contributed by atoms with Crippen molar-refractivity contribution in [3.05, 3.63) is 46.9 Å². The Hall–Kier alpha value is -1.67. The van der Waals surface area contributed by atoms with E-state index >= 15 is 0 Å². The Morgan fingerprint density at radius 2 is 2.05 bits per heavy atom. The lowest BCUT2D eigenvalue weighted by molar-refractivity contribution is 0.411. The zero-order valence-corrected chi connectivity index (χ0v) is 12.7. The lowest BCUT2D eigenvalue weighted by Crippen LogP contribution is -2.13. The topological polar surface area (TPSA) is 68.3 Å². The van der Waals surface area contributed by atoms with Gasteiger partial charge in [-0.05, 0) is 46.3 Å². The summed E-state index contributed by atoms with van der Waals surface area (Å²) in [6, 6.07) is 6.71. The van der Waals surface area contributed by atoms with Gasteiger partial charge in [-0.3, -0.25) is 4.72 Å². The predicted molar refractivity (Wildman–Crippen MR) is 75.7 cm³/mol. The minimum Gasteiger partial charge on any atom is -0.496 e. The second kappa shape index (κ2) is 5.76. The molecule has 1 aromatic carbocycles. The maximum Gasteiger partial charge on any atom is 0.261 e. The van der Waals surface area contributed by atoms with Crippen LogP contribution in [0, 0.1) is 5.95 Å². The van der Waals surface area contributed by atoms with Gasteiger partial charge < -0.3 is 4.74 Å². The van der Waals surface area contributed by atoms with Crippen LogP contribution >= 0.6 is 15.9 Å². The molecule has 0 saturated carbocycles. The summed E-state index contributed by atoms with van der Waals surface area (Å²) < 4.78 is 44.8. The molecule has 2 aromatic rings. The van der Waals surface area contributed by atoms with Crippen LogP contribution in [0.15, 0.2) is 45.9 Å². The summed E-state index contributed by atoms with van der Waals surface area (Å²) in [5.74, 6) is -0.160. The Kier molecular flexibility index (Phi) is 4.24. The van der Waals surface area contributed by atoms with Crippen LogP contribution in [0.4, 0.5) is 10.1 Å². The molecule has 2 rings (SSSR count). The molecule has 1 aromatic heterocycles. The number of methoxy groups -OCH3 is 1. The van der Waals surface area contributed by atoms with Crippen molar-refractivity contribution in [3.63, 3.8) is 0 Å². The quantitative estimate of drug-likeness (QED) is 0.851. The Morgan fingerprint density at radius 1 is 1.30 bits per heavy atom. The summed E-state index contributed by atoms with van der Waals surface area (Å²) in [5.41, 5.74) is 0.179. The third-order valence-corrected chi connectivity index (χ3v) is 4.41. The second-order valence-corrected chi connectivity index (χ2v) is 6.31. The average Bonchev–Trinajstić information content (AvgIpc) is 2.41. The number of nitrogens with zero attached hydrogens (tertiary/aromatic N) is 1. The first-order chi connectivity index (χ1) is 9.42. The first kappa shape index (κ1) is 14.7. The molecule has 0 amide bonds. The molecule has 20 heavy (non-hydrogen) atoms. The van der Waals surface area contributed by atoms with Crippen LogP contribution < -0.4 is 9.46 Å². The van der Waals surface area contributed by atoms with Gasteiger partial charge in [0.05, 0.1) is 28.4 Å². The molecular weight excluding hydrogens is 351 g/mol. The summed E-state index contributed by atoms with van der Waals surface area (Å²) in [4.78, 5) is 3.43. The van der Waals surface area contributed by atoms with Crippen LogP contribution in [-0.4, -0.2) is 20.5 Å². The van der Waals surface area contributed by atoms with Crippen molar-refractivity contribution in [3.8, 4) is 5.75 Å². The van der Waals surface area contributed by atoms with Crippen molar-refractivity contribution >= 4 is 31.6 Å². The third-order valence-electron chi connectivity index (χ3n) is 2.41. The molecular formula is C12H10BrFN2O3S. The molecule has 0 spiro atoms. The summed E-state index contributed by atoms with van der Waals surface area (Å²) in [6.07, 6.45) is 1.10. The van der Waals surface area contributed by atoms with Gasteiger partial charge in [0, 0.05) is 0 Å². The number of sulfonamides is 1. The van der Waals surface area contributed by atoms with Gasteiger partial charge in [0.1, 0.15) is 5.75 Å². The van der Waals surface area contributed by atoms with E-state index in [1.807, 2.05) is 0 Å². The van der Waals surface area contributed by atoms with E-state index in [-0.39, 0.29) is 10.6 Å². The number of halogens is 2. The molecule has 0 aliphatic carbocycles. The molecule has 106 valence electrons. The van der Waals surface area contributed by atoms with Gasteiger partial charge in [-0.1, -0.05) is 0 Å². The van der Waals surface area contributed by atoms with Gasteiger partial charge in [0.2, 0.25) is 5.95 Å². The van der Waals surface area contributed by atoms with E-state index in [4.69, 9.17) is 4.74 Å². The van der Waals surface area contributed by atoms with Crippen LogP contribution in [0.3, 0.4) is 0 Å². The van der Waals surface area contributed by atoms with Crippen molar-refractivity contribution < 1.29 is 17.5 Å². The lowest BCUT2D eigenvalue weighted by atomic mass is 10.3. The summed E-state index contributed by atoms with van der Waals surface area (Å²) in [5, 5.41) is 0. The third kappa shape index (κ3) is 3.26. The SMILES string of the molecule is COc1ccc(S(=O)(=O)Nc2ccc(F)nc2)cc1Br. The van der Waals surface area contributed by atoms with Crippen LogP contribution in [-0.2, 0) is 10.0 Å². The van der Waals surface area contributed by atoms with E-state index in [1.165, 1.54) is 31.4 Å². The number of nitrogens with one attached hydrogen (secondary N) is 1. The first-order valence-electron chi connectivity index (χ1n) is 5.40. The average molecular weight is 361 g/mol. The molecule has 0 radical (unpaired) electrons. The smallest absolute Gasteiger partial charge is 0.261 e. The highest BCUT2D eigenvalue weighted by atomic mass is 79.9. The molecule has 1 heterocycles. The summed E-state index contributed by atoms with van der Waals surface area (Å²) in [7, 11) is -2.29. The van der Waals surface area contributed by atoms with Gasteiger partial charge in [-0.2, -0.15) is 4.39 Å². The minimum absolute atomic E-state index is 0.0505. The number of rotatable bonds is 4. The number of ether oxygens (including phenoxy) is 1. The maximum atomic E-state index is 12.7. The van der Waals surface area contributed by atoms with E-state index < -0.39 is 16.0 Å². The predicted octanol–water partition coefficient (Wildman–Crippen LogP) is 2.79. The second-order valence-electron chi connectivity index (χ2n) is 3.77. The fraction of sp³-hybridized carbons (Fsp3) is 0.0833. The number of benzene rings is 1. The lowest BCUT2D eigenvalue weighted by Gasteiger charge is -2.09. The number of hydrogen-bond acceptors (Lipinski definition) is 4. The van der Waals surface area contributed by atoms with Crippen molar-refractivity contribution in [1.29, 1.82) is 0 Å². The van der Waals surface area contributed by atoms with E-state index in [0.29, 0.717) is 10.2 Å². The molecule has 0 bridgehead atoms. The molecule has 0 unspecified atom stereocenters. The van der Waals surface area contributed by atoms with E-state index in [9.17, 15) is 12.8 Å². The standard InChI is InChI=1S/C12H10BrFN2O3S/c1-19-11-4-3-9(6-10(11)13)20(17,18)16-8-2-5-12(14)15-7-8/h2-7,16H,1H3. The Morgan fingerprint density at radius 3 is 2.60 bits per heavy atom. The number of pyridine rings is 1. The molecule has 0 atom stereocenters. The zero-order valence-electron chi connectivity index (χ0n) is 10.3. The molecule has 0 fully saturated rings. The maximum absolute atomic E-state index is 12.7. The summed E-state index contributed by atoms with van der Waals surface area (Å²) in [6.45, 7) is 0. The fourth-order valence-electron chi connectivity index (χ4n) is 1.46. The Labute approximate surface area is 124 Å². The molecule has 0 aliphatic heterocycles. The largest absolute Gasteiger partial charge is 0.496 e. The van der Waals surface area contributed by atoms with Gasteiger partial charge in [-0.25, -0.2) is 13.4 Å². The molecule has 1 N–H and O–H groups in total. The van der Waals surface area contributed by atoms with Gasteiger partial charge >= 0.3 is 0 Å². The van der Waals surface area contributed by atoms with Crippen LogP contribution in [0.25, 0.3) is 0 Å². The normalized spacial score (nSPS) is 11.2. The van der Waals surface area contributed by atoms with Crippen LogP contribution in [0.2, 0.25) is 0 Å². The van der Waals surface area contributed by atoms with Crippen molar-refractivity contribution in [2.24, 2.45) is 0 Å². The monoisotopic (exact) mass is 360 g/mol. The van der Waals surface area contributed by atoms with Crippen molar-refractivity contribution in [2.75, 3.05) is 11.8 Å². The number of anilines is 1. The van der Waals surface area contributed by atoms with Gasteiger partial charge in [-0.15, -0.1) is 0 Å². The highest BCUT2D eigenvalue weighted by Crippen LogP contribution is 2.28. The molecule has 0 aliphatic rings. The summed E-state index contributed by atoms with van der Waals surface area (Å²) >= 11 is 3.22. The Balaban J connectivity index is 2.30. The van der Waals surface area contributed by atoms with Crippen molar-refractivity contribution in [2.45, 2.75) is 4.90 Å². The number of hydrogen-bond donors (Lipinski definition) is 1. The molecule has 5 nitrogen and oxygen atoms in total. The highest BCUT2D eigenvalue weighted by molar-refractivity contribution is 9.10. The zero-order chi connectivity index (χ0) is 14.8. The van der Waals surface area contributed by atoms with E-state index in [1.54, 1.807) is 0 Å². The number of aromatic nitrogens is 1. The first-order valence-corrected chi connectivity index (χ1v) is 7.68. The van der Waals surface area contributed by atoms with Crippen LogP contribution in [0.1, 0.15) is 0 Å². The van der Waals surface area contributed by atoms with Gasteiger partial charge in [0.25, 0.3) is 10.0 Å². The van der Waals surface area contributed by atoms with Crippen molar-refractivity contribution in [1.82, 2.24) is 4.98 Å². The fourth-order valence-corrected chi connectivity index (χ4v) is 3.23. The van der Waals surface area contributed by atoms with Crippen LogP contribution in [0.5, 0.6) is 5.75 Å². The van der Waals surface area contributed by atoms with Gasteiger partial charge in [0.15, 0.2) is 0 Å². The Bertz CT molecular complexity index is 720. The molecule has 8 heteroatoms. The minimum atomic E-state index is -3.77.